The van der Waals surface area contributed by atoms with Crippen molar-refractivity contribution in [3.63, 3.8) is 0 Å². The molecule has 0 aromatic carbocycles. The Balaban J connectivity index is 2.75. The van der Waals surface area contributed by atoms with Gasteiger partial charge in [-0.25, -0.2) is 4.99 Å². The third kappa shape index (κ3) is 2.50. The van der Waals surface area contributed by atoms with E-state index in [-0.39, 0.29) is 11.9 Å². The van der Waals surface area contributed by atoms with E-state index in [9.17, 15) is 0 Å². The van der Waals surface area contributed by atoms with Gasteiger partial charge in [0.1, 0.15) is 11.0 Å². The van der Waals surface area contributed by atoms with Crippen LogP contribution in [-0.2, 0) is 0 Å². The van der Waals surface area contributed by atoms with E-state index in [2.05, 4.69) is 4.99 Å². The van der Waals surface area contributed by atoms with Crippen LogP contribution in [0.2, 0.25) is 0 Å². The smallest absolute Gasteiger partial charge is 0.161 e. The van der Waals surface area contributed by atoms with E-state index in [1.54, 1.807) is 0 Å². The van der Waals surface area contributed by atoms with Crippen LogP contribution in [0.15, 0.2) is 16.0 Å². The summed E-state index contributed by atoms with van der Waals surface area (Å²) in [6, 6.07) is 0.0208. The second-order valence-corrected chi connectivity index (χ2v) is 3.50. The third-order valence-electron chi connectivity index (χ3n) is 1.61. The molecule has 74 valence electrons. The number of hydrogen-bond donors (Lipinski definition) is 3. The summed E-state index contributed by atoms with van der Waals surface area (Å²) < 4.78 is 0. The maximum absolute atomic E-state index is 5.90. The second kappa shape index (κ2) is 3.85. The van der Waals surface area contributed by atoms with Crippen LogP contribution in [-0.4, -0.2) is 29.9 Å². The summed E-state index contributed by atoms with van der Waals surface area (Å²) in [5, 5.41) is 0.423. The van der Waals surface area contributed by atoms with Crippen molar-refractivity contribution in [1.82, 2.24) is 4.90 Å². The summed E-state index contributed by atoms with van der Waals surface area (Å²) in [4.78, 5) is 5.67. The molecule has 0 radical (unpaired) electrons. The zero-order valence-electron chi connectivity index (χ0n) is 7.50. The van der Waals surface area contributed by atoms with Crippen LogP contribution in [0.5, 0.6) is 0 Å². The molecule has 6 heteroatoms. The average Bonchev–Trinajstić information content (AvgIpc) is 1.98. The highest BCUT2D eigenvalue weighted by atomic mass is 35.5. The number of aliphatic imine (C=N–C) groups is 1. The molecule has 5 nitrogen and oxygen atoms in total. The summed E-state index contributed by atoms with van der Waals surface area (Å²) in [6.45, 7) is 3.00. The Kier molecular flexibility index (Phi) is 3.00. The molecule has 1 aliphatic heterocycles. The van der Waals surface area contributed by atoms with E-state index < -0.39 is 0 Å². The summed E-state index contributed by atoms with van der Waals surface area (Å²) in [7, 11) is 0. The molecule has 0 saturated carbocycles. The fraction of sp³-hybridized carbons (Fsp3) is 0.571. The quantitative estimate of drug-likeness (QED) is 0.519. The molecular formula is C7H14ClN5. The maximum Gasteiger partial charge on any atom is 0.161 e. The number of amidine groups is 1. The molecule has 0 spiro atoms. The van der Waals surface area contributed by atoms with E-state index in [1.807, 2.05) is 11.8 Å². The number of nitrogens with two attached hydrogens (primary N) is 3. The molecule has 1 heterocycles. The Morgan fingerprint density at radius 2 is 2.23 bits per heavy atom. The minimum absolute atomic E-state index is 0.0208. The lowest BCUT2D eigenvalue weighted by Gasteiger charge is -2.28. The molecule has 0 saturated heterocycles. The second-order valence-electron chi connectivity index (χ2n) is 3.14. The largest absolute Gasteiger partial charge is 0.386 e. The van der Waals surface area contributed by atoms with Gasteiger partial charge in [-0.2, -0.15) is 0 Å². The lowest BCUT2D eigenvalue weighted by atomic mass is 10.3. The van der Waals surface area contributed by atoms with Crippen molar-refractivity contribution in [3.05, 3.63) is 11.0 Å². The first-order valence-corrected chi connectivity index (χ1v) is 4.37. The van der Waals surface area contributed by atoms with Gasteiger partial charge in [0.25, 0.3) is 0 Å². The van der Waals surface area contributed by atoms with Crippen molar-refractivity contribution in [3.8, 4) is 0 Å². The lowest BCUT2D eigenvalue weighted by Crippen LogP contribution is -2.42. The van der Waals surface area contributed by atoms with Crippen molar-refractivity contribution in [2.75, 3.05) is 13.1 Å². The number of rotatable bonds is 2. The number of halogens is 1. The molecular weight excluding hydrogens is 190 g/mol. The summed E-state index contributed by atoms with van der Waals surface area (Å²) in [6.07, 6.45) is 0. The van der Waals surface area contributed by atoms with E-state index in [0.29, 0.717) is 24.1 Å². The molecule has 0 aromatic rings. The predicted octanol–water partition coefficient (Wildman–Crippen LogP) is -0.669. The minimum atomic E-state index is 0.0208. The summed E-state index contributed by atoms with van der Waals surface area (Å²) >= 11 is 5.90. The van der Waals surface area contributed by atoms with E-state index in [0.717, 1.165) is 0 Å². The Bertz CT molecular complexity index is 258. The SMILES string of the molecule is CC(N)CN1CC(N)=NC(N)=C1Cl. The first-order valence-electron chi connectivity index (χ1n) is 3.99. The molecule has 0 aromatic heterocycles. The molecule has 1 atom stereocenters. The van der Waals surface area contributed by atoms with Gasteiger partial charge >= 0.3 is 0 Å². The standard InChI is InChI=1S/C7H14ClN5/c1-4(9)2-13-3-5(10)12-7(11)6(13)8/h4H,2-3,9,11H2,1H3,(H2,10,12). The fourth-order valence-corrected chi connectivity index (χ4v) is 1.33. The van der Waals surface area contributed by atoms with Gasteiger partial charge in [0, 0.05) is 12.6 Å². The Morgan fingerprint density at radius 3 is 2.77 bits per heavy atom. The van der Waals surface area contributed by atoms with Crippen molar-refractivity contribution >= 4 is 17.4 Å². The monoisotopic (exact) mass is 203 g/mol. The van der Waals surface area contributed by atoms with Gasteiger partial charge < -0.3 is 22.1 Å². The van der Waals surface area contributed by atoms with Gasteiger partial charge in [0.05, 0.1) is 6.54 Å². The minimum Gasteiger partial charge on any atom is -0.386 e. The van der Waals surface area contributed by atoms with Crippen LogP contribution in [0.3, 0.4) is 0 Å². The number of nitrogens with zero attached hydrogens (tertiary/aromatic N) is 2. The average molecular weight is 204 g/mol. The molecule has 0 aliphatic carbocycles. The van der Waals surface area contributed by atoms with Crippen LogP contribution in [0, 0.1) is 0 Å². The van der Waals surface area contributed by atoms with Gasteiger partial charge in [-0.05, 0) is 6.92 Å². The summed E-state index contributed by atoms with van der Waals surface area (Å²) in [5.74, 6) is 0.716. The van der Waals surface area contributed by atoms with Crippen molar-refractivity contribution in [1.29, 1.82) is 0 Å². The normalized spacial score (nSPS) is 20.2. The Morgan fingerprint density at radius 1 is 1.62 bits per heavy atom. The Hall–Kier alpha value is -0.940. The van der Waals surface area contributed by atoms with E-state index in [4.69, 9.17) is 28.8 Å². The molecule has 13 heavy (non-hydrogen) atoms. The van der Waals surface area contributed by atoms with Gasteiger partial charge in [0.15, 0.2) is 5.82 Å². The molecule has 1 aliphatic rings. The molecule has 1 rings (SSSR count). The maximum atomic E-state index is 5.90. The van der Waals surface area contributed by atoms with Crippen molar-refractivity contribution in [2.24, 2.45) is 22.2 Å². The topological polar surface area (TPSA) is 93.7 Å². The van der Waals surface area contributed by atoms with Crippen LogP contribution in [0.4, 0.5) is 0 Å². The zero-order chi connectivity index (χ0) is 10.0. The van der Waals surface area contributed by atoms with E-state index >= 15 is 0 Å². The van der Waals surface area contributed by atoms with Crippen molar-refractivity contribution in [2.45, 2.75) is 13.0 Å². The lowest BCUT2D eigenvalue weighted by molar-refractivity contribution is 0.377. The first-order chi connectivity index (χ1) is 6.00. The highest BCUT2D eigenvalue weighted by Crippen LogP contribution is 2.16. The summed E-state index contributed by atoms with van der Waals surface area (Å²) in [5.41, 5.74) is 16.7. The molecule has 1 unspecified atom stereocenters. The highest BCUT2D eigenvalue weighted by Gasteiger charge is 2.18. The van der Waals surface area contributed by atoms with Gasteiger partial charge in [-0.15, -0.1) is 0 Å². The third-order valence-corrected chi connectivity index (χ3v) is 2.05. The fourth-order valence-electron chi connectivity index (χ4n) is 1.16. The van der Waals surface area contributed by atoms with Crippen LogP contribution in [0.25, 0.3) is 0 Å². The molecule has 6 N–H and O–H groups in total. The van der Waals surface area contributed by atoms with Gasteiger partial charge in [-0.3, -0.25) is 0 Å². The van der Waals surface area contributed by atoms with Gasteiger partial charge in [-0.1, -0.05) is 11.6 Å². The van der Waals surface area contributed by atoms with Crippen LogP contribution in [0.1, 0.15) is 6.92 Å². The van der Waals surface area contributed by atoms with E-state index in [1.165, 1.54) is 0 Å². The van der Waals surface area contributed by atoms with Gasteiger partial charge in [0.2, 0.25) is 0 Å². The van der Waals surface area contributed by atoms with Crippen LogP contribution >= 0.6 is 11.6 Å². The molecule has 0 fully saturated rings. The Labute approximate surface area is 82.2 Å². The number of hydrogen-bond acceptors (Lipinski definition) is 5. The highest BCUT2D eigenvalue weighted by molar-refractivity contribution is 6.29. The molecule has 0 bridgehead atoms. The molecule has 0 amide bonds. The van der Waals surface area contributed by atoms with Crippen LogP contribution < -0.4 is 17.2 Å². The predicted molar refractivity (Wildman–Crippen MR) is 53.9 cm³/mol. The first kappa shape index (κ1) is 10.1. The zero-order valence-corrected chi connectivity index (χ0v) is 8.25. The van der Waals surface area contributed by atoms with Crippen molar-refractivity contribution < 1.29 is 0 Å².